The lowest BCUT2D eigenvalue weighted by atomic mass is 10.2. The van der Waals surface area contributed by atoms with E-state index >= 15 is 0 Å². The average molecular weight is 1230 g/mol. The summed E-state index contributed by atoms with van der Waals surface area (Å²) in [5.41, 5.74) is 0. The molecule has 2 aliphatic heterocycles. The zero-order valence-electron chi connectivity index (χ0n) is 46.0. The molecule has 0 aliphatic carbocycles. The summed E-state index contributed by atoms with van der Waals surface area (Å²) in [6.45, 7) is 19.2. The van der Waals surface area contributed by atoms with E-state index in [0.29, 0.717) is 25.3 Å². The Balaban J connectivity index is -0.000000261. The Labute approximate surface area is 462 Å². The highest BCUT2D eigenvalue weighted by atomic mass is 79.9. The third kappa shape index (κ3) is 38.9. The maximum Gasteiger partial charge on any atom is 0.474 e. The number of ether oxygens (including phenoxy) is 4. The van der Waals surface area contributed by atoms with Gasteiger partial charge in [-0.15, -0.1) is 11.8 Å². The summed E-state index contributed by atoms with van der Waals surface area (Å²) < 4.78 is 112. The molecule has 18 nitrogen and oxygen atoms in total. The number of alkyl halides is 4. The van der Waals surface area contributed by atoms with Gasteiger partial charge in [-0.2, -0.15) is 60.9 Å². The molecule has 0 spiro atoms. The number of carbonyl (C=O) groups excluding carboxylic acids is 1. The first-order valence-electron chi connectivity index (χ1n) is 22.7. The molecule has 0 aromatic carbocycles. The number of nitriles is 6. The van der Waals surface area contributed by atoms with Crippen molar-refractivity contribution in [3.63, 3.8) is 0 Å². The van der Waals surface area contributed by atoms with E-state index < -0.39 is 71.1 Å². The van der Waals surface area contributed by atoms with Crippen molar-refractivity contribution >= 4 is 85.3 Å². The molecule has 428 valence electrons. The van der Waals surface area contributed by atoms with Crippen LogP contribution in [0.2, 0.25) is 0 Å². The Kier molecular flexibility index (Phi) is 43.1. The molecule has 74 heavy (non-hydrogen) atoms. The summed E-state index contributed by atoms with van der Waals surface area (Å²) in [4.78, 5) is 10.5. The minimum Gasteiger partial charge on any atom is -0.353 e. The van der Waals surface area contributed by atoms with Crippen molar-refractivity contribution in [1.29, 1.82) is 36.4 Å². The summed E-state index contributed by atoms with van der Waals surface area (Å²) in [7, 11) is -9.79. The van der Waals surface area contributed by atoms with Crippen LogP contribution in [0.15, 0.2) is 8.73 Å². The maximum atomic E-state index is 12.2. The fraction of sp³-hybridized carbons (Fsp3) is 0.848. The molecule has 1 amide bonds. The summed E-state index contributed by atoms with van der Waals surface area (Å²) in [5.74, 6) is -1.82. The lowest BCUT2D eigenvalue weighted by molar-refractivity contribution is -0.169. The second-order valence-electron chi connectivity index (χ2n) is 18.3. The first-order valence-corrected chi connectivity index (χ1v) is 33.8. The van der Waals surface area contributed by atoms with E-state index in [0.717, 1.165) is 77.4 Å². The van der Waals surface area contributed by atoms with E-state index in [4.69, 9.17) is 55.3 Å². The van der Waals surface area contributed by atoms with Crippen molar-refractivity contribution in [2.24, 2.45) is 8.73 Å². The van der Waals surface area contributed by atoms with Crippen LogP contribution in [0.1, 0.15) is 121 Å². The third-order valence-corrected chi connectivity index (χ3v) is 20.8. The topological polar surface area (TPSA) is 314 Å². The van der Waals surface area contributed by atoms with E-state index in [1.54, 1.807) is 63.5 Å². The summed E-state index contributed by atoms with van der Waals surface area (Å²) in [6, 6.07) is 11.5. The van der Waals surface area contributed by atoms with Gasteiger partial charge >= 0.3 is 12.1 Å². The second kappa shape index (κ2) is 39.7. The Morgan fingerprint density at radius 2 is 1.15 bits per heavy atom. The molecular weight excluding hydrogens is 1150 g/mol. The van der Waals surface area contributed by atoms with Gasteiger partial charge in [0, 0.05) is 54.4 Å². The number of carbonyl (C=O) groups is 1. The van der Waals surface area contributed by atoms with Crippen LogP contribution in [0.25, 0.3) is 0 Å². The van der Waals surface area contributed by atoms with Crippen molar-refractivity contribution in [1.82, 2.24) is 0 Å². The average Bonchev–Trinajstić information content (AvgIpc) is 3.32. The van der Waals surface area contributed by atoms with Gasteiger partial charge in [-0.1, -0.05) is 15.9 Å². The van der Waals surface area contributed by atoms with Crippen LogP contribution in [0, 0.1) is 72.8 Å². The molecule has 1 N–H and O–H groups in total. The highest BCUT2D eigenvalue weighted by Gasteiger charge is 2.41. The molecule has 6 unspecified atom stereocenters. The highest BCUT2D eigenvalue weighted by molar-refractivity contribution is 9.09. The number of hydrogen-bond donors (Lipinski definition) is 1. The lowest BCUT2D eigenvalue weighted by Crippen LogP contribution is -2.31. The normalized spacial score (nSPS) is 18.3. The fourth-order valence-electron chi connectivity index (χ4n) is 3.39. The quantitative estimate of drug-likeness (QED) is 0.118. The molecule has 2 rings (SSSR count). The number of hydrogen-bond acceptors (Lipinski definition) is 19. The summed E-state index contributed by atoms with van der Waals surface area (Å²) in [6.07, 6.45) is 12.4. The van der Waals surface area contributed by atoms with Gasteiger partial charge in [0.2, 0.25) is 0 Å². The van der Waals surface area contributed by atoms with Crippen molar-refractivity contribution in [2.75, 3.05) is 81.6 Å². The maximum absolute atomic E-state index is 12.2. The molecular formula is C46H81BrF3N9O9S6. The van der Waals surface area contributed by atoms with Crippen LogP contribution in [0.5, 0.6) is 0 Å². The molecule has 2 saturated heterocycles. The van der Waals surface area contributed by atoms with Crippen molar-refractivity contribution < 1.29 is 53.7 Å². The molecule has 0 saturated carbocycles. The van der Waals surface area contributed by atoms with E-state index in [9.17, 15) is 34.8 Å². The van der Waals surface area contributed by atoms with Gasteiger partial charge in [-0.25, -0.2) is 17.0 Å². The molecule has 28 heteroatoms. The minimum absolute atomic E-state index is 0.0859. The predicted octanol–water partition coefficient (Wildman–Crippen LogP) is 10.3. The van der Waals surface area contributed by atoms with E-state index in [1.165, 1.54) is 39.2 Å². The van der Waals surface area contributed by atoms with Crippen LogP contribution >= 0.6 is 39.5 Å². The van der Waals surface area contributed by atoms with Crippen LogP contribution in [0.4, 0.5) is 13.2 Å². The Hall–Kier alpha value is -2.58. The molecule has 2 aliphatic rings. The van der Waals surface area contributed by atoms with Gasteiger partial charge in [-0.3, -0.25) is 13.8 Å². The highest BCUT2D eigenvalue weighted by Crippen LogP contribution is 2.23. The zero-order valence-corrected chi connectivity index (χ0v) is 52.5. The Morgan fingerprint density at radius 3 is 1.38 bits per heavy atom. The number of thioether (sulfide) groups is 2. The largest absolute Gasteiger partial charge is 0.474 e. The first kappa shape index (κ1) is 80.3. The SMILES string of the molecule is BrCCCOC1CCCCO1.CC(C)(C#N)S(C)(=N)=O.CC(C)(C#N)S(C)(=O)=NC(=O)C(F)(F)F.CC(C)(C#N)S(C)(=O)=NCCCOC1CCCCO1.CS(=O)C(C)(C)C#N.CSC(C)(C)C#N.CSCC#N. The van der Waals surface area contributed by atoms with E-state index in [1.807, 2.05) is 44.6 Å². The number of nitrogens with zero attached hydrogens (tertiary/aromatic N) is 8. The van der Waals surface area contributed by atoms with Gasteiger partial charge in [-0.05, 0) is 133 Å². The molecule has 2 heterocycles. The van der Waals surface area contributed by atoms with E-state index in [-0.39, 0.29) is 17.3 Å². The molecule has 0 bridgehead atoms. The van der Waals surface area contributed by atoms with Gasteiger partial charge in [0.1, 0.15) is 19.0 Å². The molecule has 0 aromatic heterocycles. The predicted molar refractivity (Wildman–Crippen MR) is 298 cm³/mol. The number of halogens is 4. The fourth-order valence-corrected chi connectivity index (χ4v) is 5.93. The first-order chi connectivity index (χ1) is 33.6. The second-order valence-corrected chi connectivity index (χ2v) is 31.7. The van der Waals surface area contributed by atoms with Crippen molar-refractivity contribution in [3.05, 3.63) is 0 Å². The van der Waals surface area contributed by atoms with E-state index in [2.05, 4.69) is 36.8 Å². The number of nitrogens with one attached hydrogen (secondary N) is 1. The van der Waals surface area contributed by atoms with Crippen LogP contribution < -0.4 is 0 Å². The van der Waals surface area contributed by atoms with Crippen LogP contribution in [-0.2, 0) is 63.7 Å². The molecule has 0 radical (unpaired) electrons. The Bertz CT molecular complexity index is 2300. The summed E-state index contributed by atoms with van der Waals surface area (Å²) in [5, 5.41) is 51.4. The minimum atomic E-state index is -5.16. The molecule has 2 fully saturated rings. The zero-order chi connectivity index (χ0) is 59.3. The number of amides is 1. The monoisotopic (exact) mass is 1230 g/mol. The molecule has 6 atom stereocenters. The number of rotatable bonds is 15. The van der Waals surface area contributed by atoms with Crippen LogP contribution in [0.3, 0.4) is 0 Å². The lowest BCUT2D eigenvalue weighted by Gasteiger charge is -2.22. The van der Waals surface area contributed by atoms with Gasteiger partial charge in [0.25, 0.3) is 0 Å². The van der Waals surface area contributed by atoms with Crippen molar-refractivity contribution in [2.45, 2.75) is 163 Å². The van der Waals surface area contributed by atoms with Gasteiger partial charge in [0.05, 0.1) is 95.9 Å². The summed E-state index contributed by atoms with van der Waals surface area (Å²) >= 11 is 6.46. The smallest absolute Gasteiger partial charge is 0.353 e. The third-order valence-electron chi connectivity index (χ3n) is 9.95. The van der Waals surface area contributed by atoms with Crippen LogP contribution in [-0.4, -0.2) is 147 Å². The standard InChI is InChI=1S/C13H24N2O3S.C8H15BrO2.C7H9F3N2O2S.C5H10N2OS.C5H9NOS.C5H9NS.C3H5NS/c1-13(2,11-14)19(3,16)15-8-6-10-18-12-7-4-5-9-17-12;9-5-3-7-11-8-4-1-2-6-10-8;1-6(2,4-11)15(3,14)12-5(13)7(8,9)10;1-5(2,4-6)9(3,7)8;1-5(2,4-6)8(3)7;1-5(2,4-6)7-3;1-5-3-2-4/h12H,4-10H2,1-3H3;8H,1-7H2;1-3H3;7H,1-3H3;1-3H3;1-3H3;3H2,1H3. The molecule has 0 aromatic rings. The van der Waals surface area contributed by atoms with Crippen molar-refractivity contribution in [3.8, 4) is 36.4 Å². The Morgan fingerprint density at radius 1 is 0.730 bits per heavy atom. The van der Waals surface area contributed by atoms with Gasteiger partial charge in [0.15, 0.2) is 12.6 Å². The van der Waals surface area contributed by atoms with Gasteiger partial charge < -0.3 is 18.9 Å².